The van der Waals surface area contributed by atoms with E-state index in [1.807, 2.05) is 13.0 Å². The average Bonchev–Trinajstić information content (AvgIpc) is 3.03. The third kappa shape index (κ3) is 2.36. The molecule has 1 fully saturated rings. The normalized spacial score (nSPS) is 50.9. The summed E-state index contributed by atoms with van der Waals surface area (Å²) in [5, 5.41) is 30.8. The summed E-state index contributed by atoms with van der Waals surface area (Å²) in [6, 6.07) is 0. The zero-order valence-corrected chi connectivity index (χ0v) is 11.8. The zero-order chi connectivity index (χ0) is 13.7. The lowest BCUT2D eigenvalue weighted by atomic mass is 9.75. The fourth-order valence-electron chi connectivity index (χ4n) is 3.43. The molecule has 0 saturated heterocycles. The van der Waals surface area contributed by atoms with Crippen LogP contribution in [-0.4, -0.2) is 33.1 Å². The Labute approximate surface area is 110 Å². The monoisotopic (exact) mass is 254 g/mol. The van der Waals surface area contributed by atoms with E-state index in [9.17, 15) is 15.3 Å². The van der Waals surface area contributed by atoms with Crippen LogP contribution in [0.4, 0.5) is 0 Å². The minimum atomic E-state index is -1.01. The van der Waals surface area contributed by atoms with E-state index in [1.165, 1.54) is 0 Å². The van der Waals surface area contributed by atoms with Crippen molar-refractivity contribution >= 4 is 0 Å². The summed E-state index contributed by atoms with van der Waals surface area (Å²) in [6.45, 7) is 7.95. The van der Waals surface area contributed by atoms with Gasteiger partial charge >= 0.3 is 0 Å². The summed E-state index contributed by atoms with van der Waals surface area (Å²) in [6.07, 6.45) is 2.77. The molecule has 2 aliphatic rings. The molecular weight excluding hydrogens is 228 g/mol. The van der Waals surface area contributed by atoms with Crippen molar-refractivity contribution in [2.75, 3.05) is 0 Å². The molecule has 18 heavy (non-hydrogen) atoms. The van der Waals surface area contributed by atoms with Gasteiger partial charge in [0.2, 0.25) is 0 Å². The van der Waals surface area contributed by atoms with Crippen LogP contribution in [0.25, 0.3) is 0 Å². The van der Waals surface area contributed by atoms with Crippen LogP contribution >= 0.6 is 0 Å². The van der Waals surface area contributed by atoms with Crippen molar-refractivity contribution < 1.29 is 15.3 Å². The predicted octanol–water partition coefficient (Wildman–Crippen LogP) is 1.86. The molecule has 0 aliphatic heterocycles. The highest BCUT2D eigenvalue weighted by Crippen LogP contribution is 2.58. The van der Waals surface area contributed by atoms with Gasteiger partial charge in [-0.3, -0.25) is 0 Å². The first kappa shape index (κ1) is 14.0. The van der Waals surface area contributed by atoms with Gasteiger partial charge in [-0.05, 0) is 55.9 Å². The summed E-state index contributed by atoms with van der Waals surface area (Å²) < 4.78 is 0. The van der Waals surface area contributed by atoms with Gasteiger partial charge in [-0.25, -0.2) is 0 Å². The highest BCUT2D eigenvalue weighted by Gasteiger charge is 2.57. The Kier molecular flexibility index (Phi) is 3.37. The van der Waals surface area contributed by atoms with Gasteiger partial charge in [0.05, 0.1) is 17.8 Å². The number of fused-ring (bicyclic) bond motifs is 1. The molecule has 104 valence electrons. The lowest BCUT2D eigenvalue weighted by Gasteiger charge is -2.35. The van der Waals surface area contributed by atoms with Crippen LogP contribution in [0, 0.1) is 17.3 Å². The molecule has 0 radical (unpaired) electrons. The molecule has 0 aromatic heterocycles. The molecule has 5 atom stereocenters. The van der Waals surface area contributed by atoms with Gasteiger partial charge in [0.25, 0.3) is 0 Å². The summed E-state index contributed by atoms with van der Waals surface area (Å²) in [5.74, 6) is 0.546. The van der Waals surface area contributed by atoms with Crippen LogP contribution in [0.15, 0.2) is 11.6 Å². The van der Waals surface area contributed by atoms with E-state index in [4.69, 9.17) is 0 Å². The van der Waals surface area contributed by atoms with Crippen molar-refractivity contribution in [3.8, 4) is 0 Å². The van der Waals surface area contributed by atoms with Crippen LogP contribution in [0.1, 0.15) is 47.0 Å². The third-order valence-electron chi connectivity index (χ3n) is 5.13. The summed E-state index contributed by atoms with van der Waals surface area (Å²) in [7, 11) is 0. The van der Waals surface area contributed by atoms with E-state index in [1.54, 1.807) is 6.92 Å². The van der Waals surface area contributed by atoms with Gasteiger partial charge in [0.1, 0.15) is 0 Å². The second kappa shape index (κ2) is 4.32. The van der Waals surface area contributed by atoms with E-state index < -0.39 is 17.8 Å². The minimum Gasteiger partial charge on any atom is -0.390 e. The Bertz CT molecular complexity index is 357. The molecule has 0 aromatic carbocycles. The second-order valence-electron chi connectivity index (χ2n) is 7.08. The maximum atomic E-state index is 10.5. The Morgan fingerprint density at radius 1 is 1.17 bits per heavy atom. The lowest BCUT2D eigenvalue weighted by Crippen LogP contribution is -2.43. The quantitative estimate of drug-likeness (QED) is 0.578. The predicted molar refractivity (Wildman–Crippen MR) is 71.0 cm³/mol. The minimum absolute atomic E-state index is 0.000231. The molecule has 0 spiro atoms. The SMILES string of the molecule is C/C1=C/C[C@@H](O)[C@](C)(O)[C@H]2C[C@@H]2C(C)(C)CC1O. The number of aliphatic hydroxyl groups excluding tert-OH is 2. The zero-order valence-electron chi connectivity index (χ0n) is 11.8. The smallest absolute Gasteiger partial charge is 0.0911 e. The van der Waals surface area contributed by atoms with E-state index in [0.717, 1.165) is 18.4 Å². The fourth-order valence-corrected chi connectivity index (χ4v) is 3.43. The average molecular weight is 254 g/mol. The van der Waals surface area contributed by atoms with Crippen molar-refractivity contribution in [1.29, 1.82) is 0 Å². The summed E-state index contributed by atoms with van der Waals surface area (Å²) >= 11 is 0. The number of rotatable bonds is 0. The van der Waals surface area contributed by atoms with Crippen LogP contribution in [0.2, 0.25) is 0 Å². The largest absolute Gasteiger partial charge is 0.390 e. The third-order valence-corrected chi connectivity index (χ3v) is 5.13. The van der Waals surface area contributed by atoms with Gasteiger partial charge in [0, 0.05) is 0 Å². The van der Waals surface area contributed by atoms with Gasteiger partial charge in [0.15, 0.2) is 0 Å². The first-order valence-corrected chi connectivity index (χ1v) is 6.91. The Hall–Kier alpha value is -0.380. The highest BCUT2D eigenvalue weighted by molar-refractivity contribution is 5.14. The van der Waals surface area contributed by atoms with Crippen LogP contribution in [0.3, 0.4) is 0 Å². The molecule has 0 amide bonds. The van der Waals surface area contributed by atoms with E-state index in [-0.39, 0.29) is 11.3 Å². The molecule has 3 nitrogen and oxygen atoms in total. The van der Waals surface area contributed by atoms with Crippen LogP contribution < -0.4 is 0 Å². The lowest BCUT2D eigenvalue weighted by molar-refractivity contribution is -0.0837. The topological polar surface area (TPSA) is 60.7 Å². The van der Waals surface area contributed by atoms with Gasteiger partial charge < -0.3 is 15.3 Å². The van der Waals surface area contributed by atoms with Crippen molar-refractivity contribution in [2.45, 2.75) is 64.8 Å². The van der Waals surface area contributed by atoms with Crippen LogP contribution in [0.5, 0.6) is 0 Å². The fraction of sp³-hybridized carbons (Fsp3) is 0.867. The molecule has 1 saturated carbocycles. The maximum Gasteiger partial charge on any atom is 0.0911 e. The Morgan fingerprint density at radius 3 is 2.39 bits per heavy atom. The highest BCUT2D eigenvalue weighted by atomic mass is 16.3. The van der Waals surface area contributed by atoms with E-state index >= 15 is 0 Å². The van der Waals surface area contributed by atoms with E-state index in [2.05, 4.69) is 13.8 Å². The van der Waals surface area contributed by atoms with Gasteiger partial charge in [-0.2, -0.15) is 0 Å². The first-order chi connectivity index (χ1) is 8.16. The second-order valence-corrected chi connectivity index (χ2v) is 7.08. The number of hydrogen-bond donors (Lipinski definition) is 3. The number of aliphatic hydroxyl groups is 3. The molecule has 2 aliphatic carbocycles. The molecule has 2 rings (SSSR count). The standard InChI is InChI=1S/C15H26O3/c1-9-5-6-13(17)15(4,18)11-7-10(11)14(2,3)8-12(9)16/h5,10-13,16-18H,6-8H2,1-4H3/b9-5-/t10-,11-,12?,13+,15+/m0/s1. The van der Waals surface area contributed by atoms with E-state index in [0.29, 0.717) is 12.3 Å². The molecule has 3 heteroatoms. The maximum absolute atomic E-state index is 10.5. The molecule has 3 N–H and O–H groups in total. The van der Waals surface area contributed by atoms with Crippen molar-refractivity contribution in [2.24, 2.45) is 17.3 Å². The molecule has 0 bridgehead atoms. The van der Waals surface area contributed by atoms with Crippen molar-refractivity contribution in [3.63, 3.8) is 0 Å². The Balaban J connectivity index is 2.29. The Morgan fingerprint density at radius 2 is 1.78 bits per heavy atom. The molecule has 1 unspecified atom stereocenters. The van der Waals surface area contributed by atoms with Crippen molar-refractivity contribution in [3.05, 3.63) is 11.6 Å². The first-order valence-electron chi connectivity index (χ1n) is 6.91. The van der Waals surface area contributed by atoms with Gasteiger partial charge in [-0.15, -0.1) is 0 Å². The van der Waals surface area contributed by atoms with Gasteiger partial charge in [-0.1, -0.05) is 19.9 Å². The summed E-state index contributed by atoms with van der Waals surface area (Å²) in [4.78, 5) is 0. The molecular formula is C15H26O3. The number of hydrogen-bond acceptors (Lipinski definition) is 3. The molecule has 0 aromatic rings. The summed E-state index contributed by atoms with van der Waals surface area (Å²) in [5.41, 5.74) is -0.113. The molecule has 0 heterocycles. The van der Waals surface area contributed by atoms with Crippen LogP contribution in [-0.2, 0) is 0 Å². The van der Waals surface area contributed by atoms with Crippen molar-refractivity contribution in [1.82, 2.24) is 0 Å².